The van der Waals surface area contributed by atoms with E-state index in [4.69, 9.17) is 15.2 Å². The van der Waals surface area contributed by atoms with Crippen molar-refractivity contribution in [3.8, 4) is 5.75 Å². The predicted octanol–water partition coefficient (Wildman–Crippen LogP) is 1.45. The van der Waals surface area contributed by atoms with Crippen LogP contribution in [-0.4, -0.2) is 19.3 Å². The normalized spacial score (nSPS) is 20.5. The summed E-state index contributed by atoms with van der Waals surface area (Å²) < 4.78 is 23.8. The van der Waals surface area contributed by atoms with Gasteiger partial charge in [0.2, 0.25) is 0 Å². The minimum Gasteiger partial charge on any atom is -0.487 e. The molecule has 1 unspecified atom stereocenters. The summed E-state index contributed by atoms with van der Waals surface area (Å²) in [4.78, 5) is 0. The van der Waals surface area contributed by atoms with Gasteiger partial charge in [0.25, 0.3) is 0 Å². The van der Waals surface area contributed by atoms with Gasteiger partial charge < -0.3 is 15.2 Å². The lowest BCUT2D eigenvalue weighted by Crippen LogP contribution is -2.17. The minimum atomic E-state index is -0.305. The van der Waals surface area contributed by atoms with Crippen LogP contribution in [0.1, 0.15) is 12.0 Å². The molecule has 0 aromatic heterocycles. The monoisotopic (exact) mass is 211 g/mol. The van der Waals surface area contributed by atoms with E-state index in [1.54, 1.807) is 6.07 Å². The molecule has 82 valence electrons. The van der Waals surface area contributed by atoms with Crippen LogP contribution in [0.4, 0.5) is 4.39 Å². The van der Waals surface area contributed by atoms with Crippen LogP contribution < -0.4 is 10.5 Å². The van der Waals surface area contributed by atoms with Crippen LogP contribution in [0, 0.1) is 5.82 Å². The molecule has 0 bridgehead atoms. The molecule has 1 aliphatic heterocycles. The van der Waals surface area contributed by atoms with E-state index in [1.165, 1.54) is 12.1 Å². The van der Waals surface area contributed by atoms with Crippen molar-refractivity contribution in [3.05, 3.63) is 29.6 Å². The van der Waals surface area contributed by atoms with Crippen molar-refractivity contribution in [2.75, 3.05) is 13.2 Å². The van der Waals surface area contributed by atoms with Gasteiger partial charge in [0.15, 0.2) is 0 Å². The molecule has 1 aromatic carbocycles. The number of rotatable bonds is 3. The van der Waals surface area contributed by atoms with Crippen molar-refractivity contribution in [1.29, 1.82) is 0 Å². The van der Waals surface area contributed by atoms with E-state index in [9.17, 15) is 4.39 Å². The SMILES string of the molecule is NCc1ccc(F)cc1OC1CCOC1. The lowest BCUT2D eigenvalue weighted by atomic mass is 10.2. The Morgan fingerprint density at radius 1 is 1.53 bits per heavy atom. The zero-order valence-electron chi connectivity index (χ0n) is 8.41. The second-order valence-corrected chi connectivity index (χ2v) is 3.56. The zero-order valence-corrected chi connectivity index (χ0v) is 8.41. The van der Waals surface area contributed by atoms with Crippen molar-refractivity contribution in [2.45, 2.75) is 19.1 Å². The standard InChI is InChI=1S/C11H14FNO2/c12-9-2-1-8(6-13)11(5-9)15-10-3-4-14-7-10/h1-2,5,10H,3-4,6-7,13H2. The highest BCUT2D eigenvalue weighted by Crippen LogP contribution is 2.22. The molecule has 0 aliphatic carbocycles. The summed E-state index contributed by atoms with van der Waals surface area (Å²) >= 11 is 0. The number of hydrogen-bond donors (Lipinski definition) is 1. The smallest absolute Gasteiger partial charge is 0.127 e. The van der Waals surface area contributed by atoms with Gasteiger partial charge in [-0.05, 0) is 6.07 Å². The molecular weight excluding hydrogens is 197 g/mol. The maximum Gasteiger partial charge on any atom is 0.127 e. The summed E-state index contributed by atoms with van der Waals surface area (Å²) in [6, 6.07) is 4.42. The molecule has 1 aliphatic rings. The minimum absolute atomic E-state index is 0.0251. The van der Waals surface area contributed by atoms with E-state index < -0.39 is 0 Å². The molecule has 0 amide bonds. The fourth-order valence-corrected chi connectivity index (χ4v) is 1.59. The Hall–Kier alpha value is -1.13. The van der Waals surface area contributed by atoms with Gasteiger partial charge in [0, 0.05) is 24.6 Å². The molecule has 2 rings (SSSR count). The van der Waals surface area contributed by atoms with Crippen LogP contribution in [0.15, 0.2) is 18.2 Å². The lowest BCUT2D eigenvalue weighted by Gasteiger charge is -2.14. The molecule has 0 radical (unpaired) electrons. The molecule has 0 saturated carbocycles. The summed E-state index contributed by atoms with van der Waals surface area (Å²) in [6.45, 7) is 1.63. The van der Waals surface area contributed by atoms with Crippen molar-refractivity contribution in [1.82, 2.24) is 0 Å². The highest BCUT2D eigenvalue weighted by Gasteiger charge is 2.18. The lowest BCUT2D eigenvalue weighted by molar-refractivity contribution is 0.140. The Bertz CT molecular complexity index is 337. The number of halogens is 1. The van der Waals surface area contributed by atoms with E-state index in [0.29, 0.717) is 25.5 Å². The van der Waals surface area contributed by atoms with Crippen molar-refractivity contribution < 1.29 is 13.9 Å². The van der Waals surface area contributed by atoms with Crippen LogP contribution in [0.5, 0.6) is 5.75 Å². The summed E-state index contributed by atoms with van der Waals surface area (Å²) in [6.07, 6.45) is 0.873. The van der Waals surface area contributed by atoms with E-state index in [0.717, 1.165) is 12.0 Å². The van der Waals surface area contributed by atoms with Gasteiger partial charge in [-0.1, -0.05) is 6.07 Å². The fourth-order valence-electron chi connectivity index (χ4n) is 1.59. The van der Waals surface area contributed by atoms with Crippen molar-refractivity contribution >= 4 is 0 Å². The van der Waals surface area contributed by atoms with Gasteiger partial charge in [-0.2, -0.15) is 0 Å². The van der Waals surface area contributed by atoms with E-state index in [-0.39, 0.29) is 11.9 Å². The second kappa shape index (κ2) is 4.59. The summed E-state index contributed by atoms with van der Waals surface area (Å²) in [5.74, 6) is 0.231. The molecule has 4 heteroatoms. The van der Waals surface area contributed by atoms with Gasteiger partial charge in [0.05, 0.1) is 13.2 Å². The molecule has 3 nitrogen and oxygen atoms in total. The molecular formula is C11H14FNO2. The van der Waals surface area contributed by atoms with Crippen LogP contribution in [0.3, 0.4) is 0 Å². The highest BCUT2D eigenvalue weighted by atomic mass is 19.1. The van der Waals surface area contributed by atoms with E-state index in [1.807, 2.05) is 0 Å². The third-order valence-corrected chi connectivity index (χ3v) is 2.43. The zero-order chi connectivity index (χ0) is 10.7. The van der Waals surface area contributed by atoms with Crippen LogP contribution in [0.25, 0.3) is 0 Å². The highest BCUT2D eigenvalue weighted by molar-refractivity contribution is 5.34. The van der Waals surface area contributed by atoms with Crippen LogP contribution in [-0.2, 0) is 11.3 Å². The Morgan fingerprint density at radius 3 is 3.07 bits per heavy atom. The van der Waals surface area contributed by atoms with Crippen LogP contribution in [0.2, 0.25) is 0 Å². The fraction of sp³-hybridized carbons (Fsp3) is 0.455. The summed E-state index contributed by atoms with van der Waals surface area (Å²) in [5, 5.41) is 0. The number of benzene rings is 1. The third-order valence-electron chi connectivity index (χ3n) is 2.43. The largest absolute Gasteiger partial charge is 0.487 e. The predicted molar refractivity (Wildman–Crippen MR) is 54.1 cm³/mol. The maximum absolute atomic E-state index is 13.0. The molecule has 0 spiro atoms. The van der Waals surface area contributed by atoms with Gasteiger partial charge in [-0.25, -0.2) is 4.39 Å². The first kappa shape index (κ1) is 10.4. The molecule has 2 N–H and O–H groups in total. The Labute approximate surface area is 88.0 Å². The van der Waals surface area contributed by atoms with Crippen molar-refractivity contribution in [2.24, 2.45) is 5.73 Å². The average molecular weight is 211 g/mol. The molecule has 1 atom stereocenters. The maximum atomic E-state index is 13.0. The Kier molecular flexibility index (Phi) is 3.18. The average Bonchev–Trinajstić information content (AvgIpc) is 2.71. The van der Waals surface area contributed by atoms with Gasteiger partial charge in [0.1, 0.15) is 17.7 Å². The van der Waals surface area contributed by atoms with Gasteiger partial charge in [-0.3, -0.25) is 0 Å². The van der Waals surface area contributed by atoms with Crippen LogP contribution >= 0.6 is 0 Å². The summed E-state index contributed by atoms with van der Waals surface area (Å²) in [5.41, 5.74) is 6.36. The Morgan fingerprint density at radius 2 is 2.40 bits per heavy atom. The third kappa shape index (κ3) is 2.46. The quantitative estimate of drug-likeness (QED) is 0.823. The van der Waals surface area contributed by atoms with E-state index in [2.05, 4.69) is 0 Å². The first-order chi connectivity index (χ1) is 7.29. The van der Waals surface area contributed by atoms with Crippen molar-refractivity contribution in [3.63, 3.8) is 0 Å². The Balaban J connectivity index is 2.14. The van der Waals surface area contributed by atoms with Gasteiger partial charge in [-0.15, -0.1) is 0 Å². The van der Waals surface area contributed by atoms with Gasteiger partial charge >= 0.3 is 0 Å². The molecule has 15 heavy (non-hydrogen) atoms. The molecule has 1 fully saturated rings. The van der Waals surface area contributed by atoms with E-state index >= 15 is 0 Å². The second-order valence-electron chi connectivity index (χ2n) is 3.56. The molecule has 1 aromatic rings. The number of nitrogens with two attached hydrogens (primary N) is 1. The topological polar surface area (TPSA) is 44.5 Å². The first-order valence-corrected chi connectivity index (χ1v) is 5.02. The first-order valence-electron chi connectivity index (χ1n) is 5.02. The number of hydrogen-bond acceptors (Lipinski definition) is 3. The molecule has 1 heterocycles. The summed E-state index contributed by atoms with van der Waals surface area (Å²) in [7, 11) is 0. The molecule has 1 saturated heterocycles. The number of ether oxygens (including phenoxy) is 2.